The Labute approximate surface area is 135 Å². The third-order valence-electron chi connectivity index (χ3n) is 4.38. The van der Waals surface area contributed by atoms with Gasteiger partial charge in [0, 0.05) is 25.6 Å². The lowest BCUT2D eigenvalue weighted by Gasteiger charge is -2.21. The van der Waals surface area contributed by atoms with Crippen LogP contribution >= 0.6 is 11.6 Å². The van der Waals surface area contributed by atoms with Crippen molar-refractivity contribution in [1.29, 1.82) is 0 Å². The van der Waals surface area contributed by atoms with Gasteiger partial charge in [0.2, 0.25) is 5.28 Å². The highest BCUT2D eigenvalue weighted by molar-refractivity contribution is 6.28. The van der Waals surface area contributed by atoms with Crippen LogP contribution in [0.4, 0.5) is 19.0 Å². The molecule has 3 atom stereocenters. The van der Waals surface area contributed by atoms with E-state index in [0.717, 1.165) is 6.07 Å². The fourth-order valence-electron chi connectivity index (χ4n) is 3.26. The Bertz CT molecular complexity index is 614. The molecule has 0 amide bonds. The van der Waals surface area contributed by atoms with E-state index in [1.54, 1.807) is 11.8 Å². The minimum absolute atomic E-state index is 0.180. The lowest BCUT2D eigenvalue weighted by molar-refractivity contribution is -0.144. The van der Waals surface area contributed by atoms with E-state index >= 15 is 0 Å². The Morgan fingerprint density at radius 1 is 1.39 bits per heavy atom. The van der Waals surface area contributed by atoms with Gasteiger partial charge in [0.15, 0.2) is 5.69 Å². The number of piperidine rings is 1. The summed E-state index contributed by atoms with van der Waals surface area (Å²) in [7, 11) is 0. The van der Waals surface area contributed by atoms with Gasteiger partial charge in [-0.2, -0.15) is 13.2 Å². The summed E-state index contributed by atoms with van der Waals surface area (Å²) in [6.45, 7) is 3.25. The summed E-state index contributed by atoms with van der Waals surface area (Å²) in [6.07, 6.45) is -4.19. The summed E-state index contributed by atoms with van der Waals surface area (Å²) in [5.41, 5.74) is -1.05. The van der Waals surface area contributed by atoms with Crippen LogP contribution in [-0.4, -0.2) is 35.6 Å². The molecule has 23 heavy (non-hydrogen) atoms. The van der Waals surface area contributed by atoms with Crippen molar-refractivity contribution in [2.75, 3.05) is 24.6 Å². The normalized spacial score (nSPS) is 26.1. The first kappa shape index (κ1) is 16.3. The van der Waals surface area contributed by atoms with E-state index in [2.05, 4.69) is 9.97 Å². The molecule has 3 rings (SSSR count). The van der Waals surface area contributed by atoms with E-state index in [0.29, 0.717) is 38.0 Å². The monoisotopic (exact) mass is 349 g/mol. The lowest BCUT2D eigenvalue weighted by Crippen LogP contribution is -2.26. The molecule has 2 heterocycles. The number of rotatable bonds is 4. The minimum Gasteiger partial charge on any atom is -0.466 e. The van der Waals surface area contributed by atoms with Crippen LogP contribution in [0.2, 0.25) is 5.28 Å². The zero-order chi connectivity index (χ0) is 16.8. The first-order valence-electron chi connectivity index (χ1n) is 7.32. The molecule has 1 aliphatic carbocycles. The van der Waals surface area contributed by atoms with Gasteiger partial charge in [0.1, 0.15) is 5.82 Å². The third-order valence-corrected chi connectivity index (χ3v) is 4.55. The van der Waals surface area contributed by atoms with Crippen molar-refractivity contribution in [3.05, 3.63) is 17.0 Å². The number of carbonyl (C=O) groups excluding carboxylic acids is 1. The number of hydrogen-bond acceptors (Lipinski definition) is 5. The van der Waals surface area contributed by atoms with E-state index in [9.17, 15) is 18.0 Å². The van der Waals surface area contributed by atoms with Crippen molar-refractivity contribution >= 4 is 23.4 Å². The number of ether oxygens (including phenoxy) is 1. The molecule has 1 saturated heterocycles. The molecule has 1 aliphatic heterocycles. The average Bonchev–Trinajstić information content (AvgIpc) is 2.91. The summed E-state index contributed by atoms with van der Waals surface area (Å²) in [5, 5.41) is -0.418. The van der Waals surface area contributed by atoms with Gasteiger partial charge in [-0.05, 0) is 36.3 Å². The number of carbonyl (C=O) groups is 1. The second kappa shape index (κ2) is 5.81. The van der Waals surface area contributed by atoms with Gasteiger partial charge >= 0.3 is 12.1 Å². The van der Waals surface area contributed by atoms with Crippen LogP contribution in [0.3, 0.4) is 0 Å². The molecule has 0 aromatic carbocycles. The maximum atomic E-state index is 12.8. The topological polar surface area (TPSA) is 55.3 Å². The van der Waals surface area contributed by atoms with Crippen molar-refractivity contribution in [3.8, 4) is 0 Å². The van der Waals surface area contributed by atoms with Gasteiger partial charge in [0.05, 0.1) is 6.61 Å². The van der Waals surface area contributed by atoms with Crippen molar-refractivity contribution in [2.24, 2.45) is 17.8 Å². The Hall–Kier alpha value is -1.57. The first-order chi connectivity index (χ1) is 10.8. The number of fused-ring (bicyclic) bond motifs is 1. The van der Waals surface area contributed by atoms with Crippen molar-refractivity contribution in [3.63, 3.8) is 0 Å². The highest BCUT2D eigenvalue weighted by Gasteiger charge is 2.56. The predicted molar refractivity (Wildman–Crippen MR) is 76.0 cm³/mol. The number of halogens is 4. The summed E-state index contributed by atoms with van der Waals surface area (Å²) >= 11 is 5.60. The summed E-state index contributed by atoms with van der Waals surface area (Å²) in [4.78, 5) is 20.4. The van der Waals surface area contributed by atoms with Gasteiger partial charge in [-0.3, -0.25) is 4.79 Å². The largest absolute Gasteiger partial charge is 0.466 e. The van der Waals surface area contributed by atoms with Crippen LogP contribution in [0, 0.1) is 17.8 Å². The van der Waals surface area contributed by atoms with Crippen LogP contribution in [-0.2, 0) is 15.7 Å². The molecule has 0 spiro atoms. The summed E-state index contributed by atoms with van der Waals surface area (Å²) in [5.74, 6) is 0.803. The third kappa shape index (κ3) is 3.36. The second-order valence-electron chi connectivity index (χ2n) is 5.78. The van der Waals surface area contributed by atoms with Gasteiger partial charge < -0.3 is 9.64 Å². The molecule has 5 nitrogen and oxygen atoms in total. The predicted octanol–water partition coefficient (Wildman–Crippen LogP) is 2.78. The smallest absolute Gasteiger partial charge is 0.433 e. The molecule has 0 bridgehead atoms. The maximum Gasteiger partial charge on any atom is 0.433 e. The SMILES string of the molecule is CCOC(=O)CC1[C@H]2CN(c3cc(C(F)(F)F)nc(Cl)n3)C[C@@H]12. The van der Waals surface area contributed by atoms with E-state index in [-0.39, 0.29) is 17.7 Å². The standard InChI is InChI=1S/C14H15ClF3N3O2/c1-2-23-12(22)3-7-8-5-21(6-9(7)8)11-4-10(14(16,17)18)19-13(15)20-11/h4,7-9H,2-3,5-6H2,1H3/t7?,8-,9+. The summed E-state index contributed by atoms with van der Waals surface area (Å²) < 4.78 is 43.3. The van der Waals surface area contributed by atoms with Crippen molar-refractivity contribution < 1.29 is 22.7 Å². The number of anilines is 1. The van der Waals surface area contributed by atoms with Gasteiger partial charge in [-0.1, -0.05) is 0 Å². The molecule has 1 unspecified atom stereocenters. The minimum atomic E-state index is -4.56. The van der Waals surface area contributed by atoms with Crippen molar-refractivity contribution in [1.82, 2.24) is 9.97 Å². The Morgan fingerprint density at radius 2 is 2.04 bits per heavy atom. The number of alkyl halides is 3. The molecular formula is C14H15ClF3N3O2. The quantitative estimate of drug-likeness (QED) is 0.618. The van der Waals surface area contributed by atoms with Gasteiger partial charge in [-0.15, -0.1) is 0 Å². The number of nitrogens with zero attached hydrogens (tertiary/aromatic N) is 3. The van der Waals surface area contributed by atoms with Gasteiger partial charge in [0.25, 0.3) is 0 Å². The zero-order valence-electron chi connectivity index (χ0n) is 12.3. The van der Waals surface area contributed by atoms with Gasteiger partial charge in [-0.25, -0.2) is 9.97 Å². The molecule has 1 aromatic heterocycles. The molecule has 1 saturated carbocycles. The van der Waals surface area contributed by atoms with E-state index < -0.39 is 17.2 Å². The first-order valence-corrected chi connectivity index (χ1v) is 7.69. The number of hydrogen-bond donors (Lipinski definition) is 0. The van der Waals surface area contributed by atoms with Crippen LogP contribution in [0.15, 0.2) is 6.07 Å². The van der Waals surface area contributed by atoms with Crippen LogP contribution in [0.25, 0.3) is 0 Å². The Balaban J connectivity index is 1.64. The molecule has 2 aliphatic rings. The molecule has 2 fully saturated rings. The number of esters is 1. The van der Waals surface area contributed by atoms with Crippen LogP contribution < -0.4 is 4.90 Å². The van der Waals surface area contributed by atoms with Crippen molar-refractivity contribution in [2.45, 2.75) is 19.5 Å². The molecule has 0 N–H and O–H groups in total. The Kier molecular flexibility index (Phi) is 4.12. The zero-order valence-corrected chi connectivity index (χ0v) is 13.1. The Morgan fingerprint density at radius 3 is 2.61 bits per heavy atom. The molecule has 9 heteroatoms. The molecule has 126 valence electrons. The number of aromatic nitrogens is 2. The fourth-order valence-corrected chi connectivity index (χ4v) is 3.44. The molecule has 0 radical (unpaired) electrons. The van der Waals surface area contributed by atoms with Crippen LogP contribution in [0.5, 0.6) is 0 Å². The lowest BCUT2D eigenvalue weighted by atomic mass is 10.2. The van der Waals surface area contributed by atoms with E-state index in [1.807, 2.05) is 0 Å². The average molecular weight is 350 g/mol. The fraction of sp³-hybridized carbons (Fsp3) is 0.643. The molecule has 1 aromatic rings. The van der Waals surface area contributed by atoms with E-state index in [1.165, 1.54) is 0 Å². The summed E-state index contributed by atoms with van der Waals surface area (Å²) in [6, 6.07) is 0.914. The maximum absolute atomic E-state index is 12.8. The van der Waals surface area contributed by atoms with E-state index in [4.69, 9.17) is 16.3 Å². The van der Waals surface area contributed by atoms with Crippen LogP contribution in [0.1, 0.15) is 19.0 Å². The molecular weight excluding hydrogens is 335 g/mol. The highest BCUT2D eigenvalue weighted by Crippen LogP contribution is 2.54. The highest BCUT2D eigenvalue weighted by atomic mass is 35.5. The second-order valence-corrected chi connectivity index (χ2v) is 6.12.